The normalized spacial score (nSPS) is 19.3. The number of fused-ring (bicyclic) bond motifs is 1. The summed E-state index contributed by atoms with van der Waals surface area (Å²) in [4.78, 5) is 25.3. The number of aromatic nitrogens is 1. The lowest BCUT2D eigenvalue weighted by Crippen LogP contribution is -2.29. The van der Waals surface area contributed by atoms with E-state index in [1.54, 1.807) is 11.8 Å². The molecule has 0 bridgehead atoms. The molecule has 1 aromatic carbocycles. The first-order valence-electron chi connectivity index (χ1n) is 8.83. The van der Waals surface area contributed by atoms with E-state index in [1.807, 2.05) is 0 Å². The molecule has 0 radical (unpaired) electrons. The zero-order valence-electron chi connectivity index (χ0n) is 14.8. The summed E-state index contributed by atoms with van der Waals surface area (Å²) in [6.07, 6.45) is 2.79. The summed E-state index contributed by atoms with van der Waals surface area (Å²) in [7, 11) is 0. The Morgan fingerprint density at radius 3 is 2.74 bits per heavy atom. The highest BCUT2D eigenvalue weighted by molar-refractivity contribution is 5.94. The molecule has 142 valence electrons. The van der Waals surface area contributed by atoms with Crippen molar-refractivity contribution in [3.05, 3.63) is 50.8 Å². The van der Waals surface area contributed by atoms with Crippen LogP contribution in [0.15, 0.2) is 28.2 Å². The van der Waals surface area contributed by atoms with Crippen LogP contribution in [0.25, 0.3) is 10.9 Å². The van der Waals surface area contributed by atoms with Crippen LogP contribution in [0.4, 0.5) is 14.5 Å². The highest BCUT2D eigenvalue weighted by atomic mass is 19.1. The van der Waals surface area contributed by atoms with Gasteiger partial charge < -0.3 is 20.3 Å². The third-order valence-corrected chi connectivity index (χ3v) is 5.52. The summed E-state index contributed by atoms with van der Waals surface area (Å²) < 4.78 is 31.5. The minimum Gasteiger partial charge on any atom is -0.477 e. The molecule has 27 heavy (non-hydrogen) atoms. The largest absolute Gasteiger partial charge is 0.477 e. The maximum Gasteiger partial charge on any atom is 0.341 e. The van der Waals surface area contributed by atoms with Gasteiger partial charge in [-0.1, -0.05) is 0 Å². The second-order valence-corrected chi connectivity index (χ2v) is 7.01. The van der Waals surface area contributed by atoms with Crippen molar-refractivity contribution in [2.75, 3.05) is 18.0 Å². The van der Waals surface area contributed by atoms with Crippen LogP contribution in [0.2, 0.25) is 0 Å². The number of aromatic carboxylic acids is 1. The van der Waals surface area contributed by atoms with Gasteiger partial charge in [0, 0.05) is 31.9 Å². The molecular formula is C19H19F2N3O3. The fourth-order valence-corrected chi connectivity index (χ4v) is 4.15. The molecule has 8 heteroatoms. The van der Waals surface area contributed by atoms with E-state index in [9.17, 15) is 19.1 Å². The van der Waals surface area contributed by atoms with Crippen LogP contribution in [-0.2, 0) is 6.54 Å². The van der Waals surface area contributed by atoms with Crippen LogP contribution >= 0.6 is 0 Å². The Hall–Kier alpha value is -2.74. The van der Waals surface area contributed by atoms with Gasteiger partial charge in [-0.05, 0) is 37.0 Å². The van der Waals surface area contributed by atoms with Gasteiger partial charge in [0.25, 0.3) is 0 Å². The fraction of sp³-hybridized carbons (Fsp3) is 0.368. The monoisotopic (exact) mass is 375 g/mol. The van der Waals surface area contributed by atoms with Gasteiger partial charge in [0.15, 0.2) is 5.82 Å². The van der Waals surface area contributed by atoms with E-state index >= 15 is 4.39 Å². The molecule has 1 aliphatic heterocycles. The highest BCUT2D eigenvalue weighted by Gasteiger charge is 2.34. The van der Waals surface area contributed by atoms with Crippen molar-refractivity contribution < 1.29 is 18.7 Å². The van der Waals surface area contributed by atoms with Gasteiger partial charge >= 0.3 is 5.97 Å². The van der Waals surface area contributed by atoms with Crippen molar-refractivity contribution in [2.24, 2.45) is 5.73 Å². The predicted molar refractivity (Wildman–Crippen MR) is 97.2 cm³/mol. The first-order chi connectivity index (χ1) is 12.8. The van der Waals surface area contributed by atoms with E-state index in [-0.39, 0.29) is 29.2 Å². The Morgan fingerprint density at radius 1 is 1.37 bits per heavy atom. The molecule has 0 saturated carbocycles. The number of rotatable bonds is 3. The summed E-state index contributed by atoms with van der Waals surface area (Å²) >= 11 is 0. The standard InChI is InChI=1S/C19H19F2N3O3/c1-2-23-8-12(19(26)27)18(25)10-5-13(20)17(15(21)16(10)23)24-6-9-3-4-14(22)11(9)7-24/h5,8,14H,2-4,6-7,22H2,1H3,(H,26,27). The molecule has 0 saturated heterocycles. The van der Waals surface area contributed by atoms with Crippen molar-refractivity contribution in [3.8, 4) is 0 Å². The number of carboxylic acids is 1. The molecule has 6 nitrogen and oxygen atoms in total. The second kappa shape index (κ2) is 6.16. The number of carboxylic acid groups (broad SMARTS) is 1. The summed E-state index contributed by atoms with van der Waals surface area (Å²) in [6.45, 7) is 2.70. The van der Waals surface area contributed by atoms with Gasteiger partial charge in [-0.3, -0.25) is 4.79 Å². The number of aryl methyl sites for hydroxylation is 1. The number of hydrogen-bond donors (Lipinski definition) is 2. The van der Waals surface area contributed by atoms with Crippen molar-refractivity contribution in [1.29, 1.82) is 0 Å². The van der Waals surface area contributed by atoms with Crippen molar-refractivity contribution in [2.45, 2.75) is 32.4 Å². The van der Waals surface area contributed by atoms with Crippen LogP contribution in [0.3, 0.4) is 0 Å². The molecule has 1 atom stereocenters. The number of anilines is 1. The Morgan fingerprint density at radius 2 is 2.11 bits per heavy atom. The summed E-state index contributed by atoms with van der Waals surface area (Å²) in [5.74, 6) is -3.16. The molecule has 1 aliphatic carbocycles. The average molecular weight is 375 g/mol. The van der Waals surface area contributed by atoms with E-state index in [4.69, 9.17) is 5.73 Å². The predicted octanol–water partition coefficient (Wildman–Crippen LogP) is 2.24. The third-order valence-electron chi connectivity index (χ3n) is 5.52. The van der Waals surface area contributed by atoms with Crippen molar-refractivity contribution >= 4 is 22.6 Å². The zero-order valence-corrected chi connectivity index (χ0v) is 14.8. The average Bonchev–Trinajstić information content (AvgIpc) is 3.17. The molecule has 2 heterocycles. The number of halogens is 2. The van der Waals surface area contributed by atoms with Gasteiger partial charge in [-0.15, -0.1) is 0 Å². The maximum absolute atomic E-state index is 15.4. The number of nitrogens with two attached hydrogens (primary N) is 1. The minimum absolute atomic E-state index is 0.0801. The van der Waals surface area contributed by atoms with Gasteiger partial charge in [-0.25, -0.2) is 13.6 Å². The Labute approximate surface area is 153 Å². The van der Waals surface area contributed by atoms with E-state index in [0.717, 1.165) is 36.3 Å². The van der Waals surface area contributed by atoms with Crippen LogP contribution in [0, 0.1) is 11.6 Å². The van der Waals surface area contributed by atoms with Crippen molar-refractivity contribution in [1.82, 2.24) is 4.57 Å². The lowest BCUT2D eigenvalue weighted by atomic mass is 10.1. The number of benzene rings is 1. The molecule has 2 aliphatic rings. The van der Waals surface area contributed by atoms with Gasteiger partial charge in [0.05, 0.1) is 10.9 Å². The molecule has 1 aromatic heterocycles. The van der Waals surface area contributed by atoms with Crippen molar-refractivity contribution in [3.63, 3.8) is 0 Å². The molecular weight excluding hydrogens is 356 g/mol. The lowest BCUT2D eigenvalue weighted by Gasteiger charge is -2.24. The smallest absolute Gasteiger partial charge is 0.341 e. The number of pyridine rings is 1. The quantitative estimate of drug-likeness (QED) is 0.804. The maximum atomic E-state index is 15.4. The van der Waals surface area contributed by atoms with Gasteiger partial charge in [0.1, 0.15) is 17.1 Å². The SMILES string of the molecule is CCn1cc(C(=O)O)c(=O)c2cc(F)c(N3CC4=C(C3)C(N)CC4)c(F)c21. The number of hydrogen-bond acceptors (Lipinski definition) is 4. The summed E-state index contributed by atoms with van der Waals surface area (Å²) in [6, 6.07) is 0.862. The van der Waals surface area contributed by atoms with E-state index in [1.165, 1.54) is 4.57 Å². The minimum atomic E-state index is -1.43. The zero-order chi connectivity index (χ0) is 19.5. The van der Waals surface area contributed by atoms with Crippen LogP contribution < -0.4 is 16.1 Å². The van der Waals surface area contributed by atoms with Crippen LogP contribution in [0.1, 0.15) is 30.1 Å². The first kappa shape index (κ1) is 17.7. The van der Waals surface area contributed by atoms with Crippen LogP contribution in [0.5, 0.6) is 0 Å². The Bertz CT molecular complexity index is 1070. The summed E-state index contributed by atoms with van der Waals surface area (Å²) in [5, 5.41) is 8.93. The second-order valence-electron chi connectivity index (χ2n) is 7.01. The number of nitrogens with zero attached hydrogens (tertiary/aromatic N) is 2. The third kappa shape index (κ3) is 2.55. The van der Waals surface area contributed by atoms with E-state index in [0.29, 0.717) is 13.1 Å². The van der Waals surface area contributed by atoms with Gasteiger partial charge in [-0.2, -0.15) is 0 Å². The molecule has 4 rings (SSSR count). The Kier molecular flexibility index (Phi) is 4.03. The first-order valence-corrected chi connectivity index (χ1v) is 8.83. The molecule has 0 fully saturated rings. The fourth-order valence-electron chi connectivity index (χ4n) is 4.15. The highest BCUT2D eigenvalue weighted by Crippen LogP contribution is 2.38. The lowest BCUT2D eigenvalue weighted by molar-refractivity contribution is 0.0695. The van der Waals surface area contributed by atoms with Gasteiger partial charge in [0.2, 0.25) is 5.43 Å². The number of carbonyl (C=O) groups is 1. The topological polar surface area (TPSA) is 88.6 Å². The summed E-state index contributed by atoms with van der Waals surface area (Å²) in [5.41, 5.74) is 6.53. The Balaban J connectivity index is 1.91. The molecule has 3 N–H and O–H groups in total. The molecule has 0 spiro atoms. The van der Waals surface area contributed by atoms with Crippen LogP contribution in [-0.4, -0.2) is 34.8 Å². The van der Waals surface area contributed by atoms with E-state index < -0.39 is 28.6 Å². The molecule has 0 amide bonds. The van der Waals surface area contributed by atoms with E-state index in [2.05, 4.69) is 0 Å². The molecule has 2 aromatic rings. The molecule has 1 unspecified atom stereocenters.